The van der Waals surface area contributed by atoms with Crippen molar-refractivity contribution in [3.8, 4) is 17.2 Å². The van der Waals surface area contributed by atoms with E-state index in [1.54, 1.807) is 39.7 Å². The Kier molecular flexibility index (Phi) is 7.07. The van der Waals surface area contributed by atoms with E-state index in [0.717, 1.165) is 19.4 Å². The van der Waals surface area contributed by atoms with Crippen LogP contribution in [-0.2, 0) is 4.74 Å². The number of methoxy groups -OCH3 is 3. The van der Waals surface area contributed by atoms with Crippen molar-refractivity contribution in [3.05, 3.63) is 17.7 Å². The normalized spacial score (nSPS) is 16.9. The molecule has 24 heavy (non-hydrogen) atoms. The molecule has 1 heterocycles. The molecule has 0 radical (unpaired) electrons. The third kappa shape index (κ3) is 4.97. The Bertz CT molecular complexity index is 564. The molecule has 7 nitrogen and oxygen atoms in total. The minimum atomic E-state index is 0.218. The summed E-state index contributed by atoms with van der Waals surface area (Å²) in [6.07, 6.45) is 3.97. The molecule has 2 N–H and O–H groups in total. The largest absolute Gasteiger partial charge is 0.496 e. The Hall–Kier alpha value is -2.06. The van der Waals surface area contributed by atoms with Crippen molar-refractivity contribution < 1.29 is 18.9 Å². The molecule has 8 heteroatoms. The quantitative estimate of drug-likeness (QED) is 0.439. The fraction of sp³-hybridized carbons (Fsp3) is 0.500. The Morgan fingerprint density at radius 3 is 2.54 bits per heavy atom. The van der Waals surface area contributed by atoms with Crippen LogP contribution in [0.15, 0.2) is 17.2 Å². The number of ether oxygens (including phenoxy) is 4. The summed E-state index contributed by atoms with van der Waals surface area (Å²) in [7, 11) is 4.74. The molecule has 1 saturated heterocycles. The summed E-state index contributed by atoms with van der Waals surface area (Å²) in [5, 5.41) is 7.66. The van der Waals surface area contributed by atoms with E-state index >= 15 is 0 Å². The molecule has 0 aromatic heterocycles. The Balaban J connectivity index is 1.95. The predicted octanol–water partition coefficient (Wildman–Crippen LogP) is 1.69. The first-order valence-corrected chi connectivity index (χ1v) is 8.07. The van der Waals surface area contributed by atoms with Crippen LogP contribution in [-0.4, -0.2) is 51.9 Å². The molecule has 0 amide bonds. The van der Waals surface area contributed by atoms with Crippen LogP contribution >= 0.6 is 12.2 Å². The zero-order chi connectivity index (χ0) is 17.4. The van der Waals surface area contributed by atoms with Gasteiger partial charge in [-0.05, 0) is 25.1 Å². The summed E-state index contributed by atoms with van der Waals surface area (Å²) in [4.78, 5) is 0. The van der Waals surface area contributed by atoms with Gasteiger partial charge in [-0.25, -0.2) is 0 Å². The highest BCUT2D eigenvalue weighted by molar-refractivity contribution is 7.80. The lowest BCUT2D eigenvalue weighted by atomic mass is 10.2. The van der Waals surface area contributed by atoms with Crippen LogP contribution < -0.4 is 25.0 Å². The van der Waals surface area contributed by atoms with Gasteiger partial charge in [0.05, 0.1) is 39.2 Å². The maximum atomic E-state index is 5.53. The molecule has 0 bridgehead atoms. The lowest BCUT2D eigenvalue weighted by Gasteiger charge is -2.13. The van der Waals surface area contributed by atoms with E-state index in [1.165, 1.54) is 0 Å². The first-order chi connectivity index (χ1) is 11.7. The molecule has 1 atom stereocenters. The van der Waals surface area contributed by atoms with E-state index in [-0.39, 0.29) is 6.10 Å². The van der Waals surface area contributed by atoms with Gasteiger partial charge in [0.2, 0.25) is 0 Å². The van der Waals surface area contributed by atoms with Crippen LogP contribution in [0.25, 0.3) is 0 Å². The Morgan fingerprint density at radius 1 is 1.29 bits per heavy atom. The van der Waals surface area contributed by atoms with E-state index in [9.17, 15) is 0 Å². The summed E-state index contributed by atoms with van der Waals surface area (Å²) in [6.45, 7) is 1.50. The third-order valence-corrected chi connectivity index (χ3v) is 3.86. The topological polar surface area (TPSA) is 73.3 Å². The smallest absolute Gasteiger partial charge is 0.187 e. The van der Waals surface area contributed by atoms with Crippen LogP contribution in [0.2, 0.25) is 0 Å². The molecule has 0 aliphatic carbocycles. The highest BCUT2D eigenvalue weighted by Gasteiger charge is 2.15. The molecule has 1 aliphatic heterocycles. The average molecular weight is 353 g/mol. The SMILES string of the molecule is COc1cc(OC)c(/C=N\NC(=S)NC[C@H]2CCCO2)c(OC)c1. The van der Waals surface area contributed by atoms with Gasteiger partial charge in [-0.3, -0.25) is 5.43 Å². The molecular formula is C16H23N3O4S. The molecule has 1 fully saturated rings. The molecule has 0 unspecified atom stereocenters. The lowest BCUT2D eigenvalue weighted by molar-refractivity contribution is 0.114. The molecule has 132 valence electrons. The molecule has 1 aromatic carbocycles. The number of nitrogens with one attached hydrogen (secondary N) is 2. The lowest BCUT2D eigenvalue weighted by Crippen LogP contribution is -2.37. The van der Waals surface area contributed by atoms with E-state index in [4.69, 9.17) is 31.2 Å². The first kappa shape index (κ1) is 18.3. The van der Waals surface area contributed by atoms with Gasteiger partial charge in [0.1, 0.15) is 17.2 Å². The summed E-state index contributed by atoms with van der Waals surface area (Å²) < 4.78 is 21.5. The highest BCUT2D eigenvalue weighted by atomic mass is 32.1. The van der Waals surface area contributed by atoms with Crippen molar-refractivity contribution in [1.29, 1.82) is 0 Å². The van der Waals surface area contributed by atoms with E-state index in [2.05, 4.69) is 15.8 Å². The van der Waals surface area contributed by atoms with Gasteiger partial charge < -0.3 is 24.3 Å². The minimum absolute atomic E-state index is 0.218. The summed E-state index contributed by atoms with van der Waals surface area (Å²) in [5.41, 5.74) is 3.47. The zero-order valence-electron chi connectivity index (χ0n) is 14.1. The molecular weight excluding hydrogens is 330 g/mol. The van der Waals surface area contributed by atoms with Crippen LogP contribution in [0.4, 0.5) is 0 Å². The fourth-order valence-electron chi connectivity index (χ4n) is 2.37. The van der Waals surface area contributed by atoms with Crippen molar-refractivity contribution in [3.63, 3.8) is 0 Å². The Morgan fingerprint density at radius 2 is 2.00 bits per heavy atom. The summed E-state index contributed by atoms with van der Waals surface area (Å²) >= 11 is 5.19. The standard InChI is InChI=1S/C16H23N3O4S/c1-20-12-7-14(21-2)13(15(8-12)22-3)10-18-19-16(24)17-9-11-5-4-6-23-11/h7-8,10-11H,4-6,9H2,1-3H3,(H2,17,19,24)/b18-10-/t11-/m1/s1. The van der Waals surface area contributed by atoms with Crippen molar-refractivity contribution in [2.75, 3.05) is 34.5 Å². The van der Waals surface area contributed by atoms with E-state index in [1.807, 2.05) is 0 Å². The fourth-order valence-corrected chi connectivity index (χ4v) is 2.50. The van der Waals surface area contributed by atoms with Gasteiger partial charge in [0, 0.05) is 25.3 Å². The third-order valence-electron chi connectivity index (χ3n) is 3.63. The average Bonchev–Trinajstić information content (AvgIpc) is 3.13. The number of benzene rings is 1. The molecule has 1 aromatic rings. The Labute approximate surface area is 147 Å². The van der Waals surface area contributed by atoms with Crippen LogP contribution in [0.5, 0.6) is 17.2 Å². The number of hydrazone groups is 1. The van der Waals surface area contributed by atoms with Gasteiger partial charge in [0.15, 0.2) is 5.11 Å². The number of rotatable bonds is 7. The predicted molar refractivity (Wildman–Crippen MR) is 96.4 cm³/mol. The molecule has 1 aliphatic rings. The number of thiocarbonyl (C=S) groups is 1. The second-order valence-corrected chi connectivity index (χ2v) is 5.57. The monoisotopic (exact) mass is 353 g/mol. The molecule has 0 saturated carbocycles. The van der Waals surface area contributed by atoms with Gasteiger partial charge in [-0.1, -0.05) is 0 Å². The van der Waals surface area contributed by atoms with Crippen molar-refractivity contribution in [2.24, 2.45) is 5.10 Å². The van der Waals surface area contributed by atoms with Crippen LogP contribution in [0.3, 0.4) is 0 Å². The molecule has 0 spiro atoms. The van der Waals surface area contributed by atoms with Crippen molar-refractivity contribution >= 4 is 23.5 Å². The van der Waals surface area contributed by atoms with E-state index < -0.39 is 0 Å². The maximum Gasteiger partial charge on any atom is 0.187 e. The van der Waals surface area contributed by atoms with Crippen LogP contribution in [0.1, 0.15) is 18.4 Å². The summed E-state index contributed by atoms with van der Waals surface area (Å²) in [5.74, 6) is 1.83. The second kappa shape index (κ2) is 9.29. The highest BCUT2D eigenvalue weighted by Crippen LogP contribution is 2.32. The minimum Gasteiger partial charge on any atom is -0.496 e. The summed E-state index contributed by atoms with van der Waals surface area (Å²) in [6, 6.07) is 3.52. The number of hydrogen-bond donors (Lipinski definition) is 2. The van der Waals surface area contributed by atoms with Gasteiger partial charge >= 0.3 is 0 Å². The van der Waals surface area contributed by atoms with Gasteiger partial charge in [-0.15, -0.1) is 0 Å². The van der Waals surface area contributed by atoms with Crippen molar-refractivity contribution in [1.82, 2.24) is 10.7 Å². The van der Waals surface area contributed by atoms with Crippen LogP contribution in [0, 0.1) is 0 Å². The number of nitrogens with zero attached hydrogens (tertiary/aromatic N) is 1. The maximum absolute atomic E-state index is 5.53. The second-order valence-electron chi connectivity index (χ2n) is 5.16. The first-order valence-electron chi connectivity index (χ1n) is 7.66. The molecule has 2 rings (SSSR count). The number of hydrogen-bond acceptors (Lipinski definition) is 6. The van der Waals surface area contributed by atoms with E-state index in [0.29, 0.717) is 34.5 Å². The van der Waals surface area contributed by atoms with Gasteiger partial charge in [0.25, 0.3) is 0 Å². The van der Waals surface area contributed by atoms with Crippen molar-refractivity contribution in [2.45, 2.75) is 18.9 Å². The van der Waals surface area contributed by atoms with Gasteiger partial charge in [-0.2, -0.15) is 5.10 Å². The zero-order valence-corrected chi connectivity index (χ0v) is 14.9.